The Morgan fingerprint density at radius 3 is 2.54 bits per heavy atom. The van der Waals surface area contributed by atoms with Crippen LogP contribution in [-0.2, 0) is 16.1 Å². The molecule has 3 rings (SSSR count). The molecular formula is C20H20N2O3S. The van der Waals surface area contributed by atoms with Crippen LogP contribution in [0.4, 0.5) is 0 Å². The molecule has 1 aliphatic rings. The molecule has 0 fully saturated rings. The summed E-state index contributed by atoms with van der Waals surface area (Å²) in [7, 11) is 1.60. The zero-order valence-corrected chi connectivity index (χ0v) is 15.4. The van der Waals surface area contributed by atoms with Crippen LogP contribution < -0.4 is 15.4 Å². The number of thiocarbonyl (C=S) groups is 1. The predicted molar refractivity (Wildman–Crippen MR) is 104 cm³/mol. The van der Waals surface area contributed by atoms with Crippen molar-refractivity contribution in [2.75, 3.05) is 7.11 Å². The number of ether oxygens (including phenoxy) is 2. The molecule has 1 atom stereocenters. The van der Waals surface area contributed by atoms with Gasteiger partial charge in [0.25, 0.3) is 0 Å². The van der Waals surface area contributed by atoms with E-state index in [9.17, 15) is 4.79 Å². The van der Waals surface area contributed by atoms with Gasteiger partial charge in [0.1, 0.15) is 12.4 Å². The highest BCUT2D eigenvalue weighted by Gasteiger charge is 2.32. The number of nitrogens with one attached hydrogen (secondary N) is 2. The third kappa shape index (κ3) is 3.86. The van der Waals surface area contributed by atoms with Crippen molar-refractivity contribution in [3.05, 3.63) is 77.0 Å². The Morgan fingerprint density at radius 1 is 1.12 bits per heavy atom. The molecule has 1 aliphatic heterocycles. The number of methoxy groups -OCH3 is 1. The Labute approximate surface area is 158 Å². The minimum absolute atomic E-state index is 0.208. The molecule has 0 saturated heterocycles. The van der Waals surface area contributed by atoms with Crippen LogP contribution in [0.2, 0.25) is 0 Å². The smallest absolute Gasteiger partial charge is 0.338 e. The number of hydrogen-bond acceptors (Lipinski definition) is 4. The minimum Gasteiger partial charge on any atom is -0.496 e. The van der Waals surface area contributed by atoms with E-state index in [2.05, 4.69) is 10.6 Å². The standard InChI is InChI=1S/C20H20N2O3S/c1-13-17(19(23)25-12-14-8-4-3-5-9-14)18(22-20(26)21-13)15-10-6-7-11-16(15)24-2/h3-11,18H,12H2,1-2H3,(H2,21,22,26). The SMILES string of the molecule is COc1ccccc1C1NC(=S)NC(C)=C1C(=O)OCc1ccccc1. The fourth-order valence-corrected chi connectivity index (χ4v) is 3.17. The summed E-state index contributed by atoms with van der Waals surface area (Å²) in [6.07, 6.45) is 0. The predicted octanol–water partition coefficient (Wildman–Crippen LogP) is 3.23. The van der Waals surface area contributed by atoms with Crippen molar-refractivity contribution in [2.24, 2.45) is 0 Å². The number of carbonyl (C=O) groups excluding carboxylic acids is 1. The van der Waals surface area contributed by atoms with E-state index in [4.69, 9.17) is 21.7 Å². The molecule has 5 nitrogen and oxygen atoms in total. The van der Waals surface area contributed by atoms with Gasteiger partial charge in [-0.15, -0.1) is 0 Å². The fraction of sp³-hybridized carbons (Fsp3) is 0.200. The van der Waals surface area contributed by atoms with Crippen molar-refractivity contribution in [1.82, 2.24) is 10.6 Å². The molecule has 1 heterocycles. The van der Waals surface area contributed by atoms with Crippen molar-refractivity contribution < 1.29 is 14.3 Å². The van der Waals surface area contributed by atoms with Gasteiger partial charge in [-0.2, -0.15) is 0 Å². The van der Waals surface area contributed by atoms with Crippen LogP contribution in [0.15, 0.2) is 65.9 Å². The van der Waals surface area contributed by atoms with Gasteiger partial charge >= 0.3 is 5.97 Å². The lowest BCUT2D eigenvalue weighted by Gasteiger charge is -2.30. The van der Waals surface area contributed by atoms with E-state index >= 15 is 0 Å². The van der Waals surface area contributed by atoms with Gasteiger partial charge in [-0.05, 0) is 30.8 Å². The summed E-state index contributed by atoms with van der Waals surface area (Å²) in [5, 5.41) is 6.61. The van der Waals surface area contributed by atoms with Gasteiger partial charge in [0, 0.05) is 11.3 Å². The number of allylic oxidation sites excluding steroid dienone is 1. The summed E-state index contributed by atoms with van der Waals surface area (Å²) >= 11 is 5.27. The summed E-state index contributed by atoms with van der Waals surface area (Å²) in [5.41, 5.74) is 2.91. The summed E-state index contributed by atoms with van der Waals surface area (Å²) in [6, 6.07) is 16.7. The lowest BCUT2D eigenvalue weighted by Crippen LogP contribution is -2.45. The molecule has 26 heavy (non-hydrogen) atoms. The van der Waals surface area contributed by atoms with Gasteiger partial charge in [0.2, 0.25) is 0 Å². The van der Waals surface area contributed by atoms with E-state index in [1.807, 2.05) is 61.5 Å². The number of carbonyl (C=O) groups is 1. The number of hydrogen-bond donors (Lipinski definition) is 2. The molecule has 0 aromatic heterocycles. The maximum Gasteiger partial charge on any atom is 0.338 e. The topological polar surface area (TPSA) is 59.6 Å². The number of benzene rings is 2. The van der Waals surface area contributed by atoms with Crippen molar-refractivity contribution in [1.29, 1.82) is 0 Å². The quantitative estimate of drug-likeness (QED) is 0.624. The van der Waals surface area contributed by atoms with Gasteiger partial charge in [-0.3, -0.25) is 0 Å². The lowest BCUT2D eigenvalue weighted by molar-refractivity contribution is -0.140. The van der Waals surface area contributed by atoms with E-state index in [1.165, 1.54) is 0 Å². The monoisotopic (exact) mass is 368 g/mol. The van der Waals surface area contributed by atoms with Crippen molar-refractivity contribution in [3.63, 3.8) is 0 Å². The van der Waals surface area contributed by atoms with Crippen LogP contribution in [0.3, 0.4) is 0 Å². The molecule has 2 aromatic rings. The second-order valence-electron chi connectivity index (χ2n) is 5.87. The van der Waals surface area contributed by atoms with E-state index in [0.29, 0.717) is 22.1 Å². The van der Waals surface area contributed by atoms with Crippen LogP contribution in [0, 0.1) is 0 Å². The number of esters is 1. The Morgan fingerprint density at radius 2 is 1.81 bits per heavy atom. The molecule has 1 unspecified atom stereocenters. The molecule has 0 bridgehead atoms. The largest absolute Gasteiger partial charge is 0.496 e. The molecule has 2 aromatic carbocycles. The van der Waals surface area contributed by atoms with Gasteiger partial charge in [0.05, 0.1) is 18.7 Å². The van der Waals surface area contributed by atoms with Gasteiger partial charge in [-0.25, -0.2) is 4.79 Å². The van der Waals surface area contributed by atoms with Crippen LogP contribution >= 0.6 is 12.2 Å². The summed E-state index contributed by atoms with van der Waals surface area (Å²) < 4.78 is 11.0. The summed E-state index contributed by atoms with van der Waals surface area (Å²) in [5.74, 6) is 0.278. The Hall–Kier alpha value is -2.86. The van der Waals surface area contributed by atoms with Gasteiger partial charge in [-0.1, -0.05) is 48.5 Å². The highest BCUT2D eigenvalue weighted by molar-refractivity contribution is 7.80. The highest BCUT2D eigenvalue weighted by Crippen LogP contribution is 2.33. The Bertz CT molecular complexity index is 849. The first-order chi connectivity index (χ1) is 12.6. The lowest BCUT2D eigenvalue weighted by atomic mass is 9.95. The van der Waals surface area contributed by atoms with Crippen LogP contribution in [0.25, 0.3) is 0 Å². The molecule has 0 amide bonds. The summed E-state index contributed by atoms with van der Waals surface area (Å²) in [6.45, 7) is 2.02. The van der Waals surface area contributed by atoms with Gasteiger partial charge in [0.15, 0.2) is 5.11 Å². The highest BCUT2D eigenvalue weighted by atomic mass is 32.1. The average Bonchev–Trinajstić information content (AvgIpc) is 2.66. The molecule has 2 N–H and O–H groups in total. The molecule has 0 spiro atoms. The van der Waals surface area contributed by atoms with Gasteiger partial charge < -0.3 is 20.1 Å². The van der Waals surface area contributed by atoms with Crippen molar-refractivity contribution >= 4 is 23.3 Å². The summed E-state index contributed by atoms with van der Waals surface area (Å²) in [4.78, 5) is 12.8. The maximum absolute atomic E-state index is 12.8. The Kier molecular flexibility index (Phi) is 5.53. The first-order valence-corrected chi connectivity index (χ1v) is 8.63. The molecule has 6 heteroatoms. The van der Waals surface area contributed by atoms with Crippen LogP contribution in [0.5, 0.6) is 5.75 Å². The molecule has 0 radical (unpaired) electrons. The van der Waals surface area contributed by atoms with E-state index in [-0.39, 0.29) is 6.61 Å². The zero-order valence-electron chi connectivity index (χ0n) is 14.6. The van der Waals surface area contributed by atoms with Crippen molar-refractivity contribution in [2.45, 2.75) is 19.6 Å². The second kappa shape index (κ2) is 8.01. The maximum atomic E-state index is 12.8. The molecule has 134 valence electrons. The first-order valence-electron chi connectivity index (χ1n) is 8.22. The number of para-hydroxylation sites is 1. The van der Waals surface area contributed by atoms with Crippen molar-refractivity contribution in [3.8, 4) is 5.75 Å². The van der Waals surface area contributed by atoms with E-state index < -0.39 is 12.0 Å². The molecule has 0 aliphatic carbocycles. The average molecular weight is 368 g/mol. The third-order valence-corrected chi connectivity index (χ3v) is 4.37. The first kappa shape index (κ1) is 17.9. The fourth-order valence-electron chi connectivity index (χ4n) is 2.90. The van der Waals surface area contributed by atoms with E-state index in [1.54, 1.807) is 7.11 Å². The second-order valence-corrected chi connectivity index (χ2v) is 6.28. The molecule has 0 saturated carbocycles. The third-order valence-electron chi connectivity index (χ3n) is 4.15. The normalized spacial score (nSPS) is 16.5. The number of rotatable bonds is 5. The van der Waals surface area contributed by atoms with E-state index in [0.717, 1.165) is 11.1 Å². The minimum atomic E-state index is -0.442. The zero-order chi connectivity index (χ0) is 18.5. The Balaban J connectivity index is 1.89. The van der Waals surface area contributed by atoms with Crippen LogP contribution in [0.1, 0.15) is 24.1 Å². The molecular weight excluding hydrogens is 348 g/mol. The van der Waals surface area contributed by atoms with Crippen LogP contribution in [-0.4, -0.2) is 18.2 Å².